The lowest BCUT2D eigenvalue weighted by Gasteiger charge is -2.43. The van der Waals surface area contributed by atoms with Gasteiger partial charge >= 0.3 is 5.97 Å². The van der Waals surface area contributed by atoms with E-state index in [0.717, 1.165) is 30.4 Å². The third kappa shape index (κ3) is 32.4. The Balaban J connectivity index is 0.688. The lowest BCUT2D eigenvalue weighted by Crippen LogP contribution is -2.61. The minimum atomic E-state index is -2.46. The van der Waals surface area contributed by atoms with Gasteiger partial charge in [0.1, 0.15) is 53.5 Å². The number of aryl methyl sites for hydroxylation is 1. The van der Waals surface area contributed by atoms with Crippen LogP contribution in [-0.2, 0) is 96.9 Å². The van der Waals surface area contributed by atoms with Crippen LogP contribution in [0.2, 0.25) is 0 Å². The van der Waals surface area contributed by atoms with E-state index in [-0.39, 0.29) is 86.2 Å². The van der Waals surface area contributed by atoms with E-state index in [1.165, 1.54) is 18.3 Å². The van der Waals surface area contributed by atoms with Crippen molar-refractivity contribution in [2.45, 2.75) is 238 Å². The average Bonchev–Trinajstić information content (AvgIpc) is 0.905. The molecule has 3 aliphatic heterocycles. The van der Waals surface area contributed by atoms with E-state index >= 15 is 0 Å². The Morgan fingerprint density at radius 2 is 1.34 bits per heavy atom. The number of aliphatic hydroxyl groups excluding tert-OH is 3. The molecule has 0 radical (unpaired) electrons. The standard InChI is InChI=1S/C90H139N9O24/c1-59-20-13-11-14-21-60(2)76(109-8)55-70-28-25-65(7)90(108,123-70)84(105)87(106)98-32-18-16-24-72(98)88(107)121-77(62(4)52-66-26-29-73(102)78(53-66)110-9)56-74(103)61(3)51-64(6)82(104)83(111-10)80(63(5)50-59)97-120-57-69(101)23-19-34-112-36-38-114-40-42-116-44-46-118-48-49-119-47-45-117-43-41-115-39-37-113-35-31-68(100)22-15-12-17-33-99-86-79(85(91)93-58-94-86)81(96-99)67-27-30-75-71(54-67)95-89(92)122-75/h11,13-14,20-21,27,30,51,54,58-59,61-63,65-66,70,72-74,76-78,82-83,102-104,108H,12,15-19,22-26,28-29,31-50,52-53,55-57H2,1-10H3,(H2,92,95)(H2,91,93,94)/b14-11+,20-13+,60-21+,64-51+,97-80?/t59-,61-,62-,63-,65-,66+,70+,72+,73-,74-,76+,77+,78-,82-,83+,90-/m1/s1. The molecule has 16 atom stereocenters. The SMILES string of the molecule is CO[C@H]1C[C@@H]2CC[C@@H](C)[C@@](O)(O2)C(=O)C(=O)N2CCCC[C@H]2C(=O)O[C@H]([C@H](C)C[C@@H]2CC[C@@H](O)[C@H](OC)C2)C[C@@H](O)[C@H](C)/C=C(\C)[C@@H](O)[C@@H](OC)C(=NOCC(=O)CCCOCCOCCOCCOCCOCCOCCOCCOCCC(=O)CCCCCn2nc(-c3ccc4oc(N)nc4c3)c3c(N)ncnc32)[C@H](C)C[C@H](C)/C=C/C=C/C=C/1C. The van der Waals surface area contributed by atoms with Gasteiger partial charge in [0.25, 0.3) is 17.7 Å². The van der Waals surface area contributed by atoms with Crippen molar-refractivity contribution in [2.24, 2.45) is 40.7 Å². The van der Waals surface area contributed by atoms with Gasteiger partial charge in [-0.2, -0.15) is 10.1 Å². The molecule has 3 aromatic heterocycles. The maximum Gasteiger partial charge on any atom is 0.329 e. The highest BCUT2D eigenvalue weighted by Crippen LogP contribution is 2.39. The number of unbranched alkanes of at least 4 members (excludes halogenated alkanes) is 2. The lowest BCUT2D eigenvalue weighted by molar-refractivity contribution is -0.265. The van der Waals surface area contributed by atoms with Crippen molar-refractivity contribution < 1.29 is 115 Å². The monoisotopic (exact) mass is 1730 g/mol. The van der Waals surface area contributed by atoms with Crippen molar-refractivity contribution >= 4 is 68.9 Å². The third-order valence-electron chi connectivity index (χ3n) is 23.5. The van der Waals surface area contributed by atoms with Crippen molar-refractivity contribution in [1.29, 1.82) is 0 Å². The number of oxazole rings is 1. The molecule has 33 heteroatoms. The van der Waals surface area contributed by atoms with Gasteiger partial charge < -0.3 is 108 Å². The number of methoxy groups -OCH3 is 3. The number of carbonyl (C=O) groups excluding carboxylic acids is 5. The molecule has 4 aromatic rings. The van der Waals surface area contributed by atoms with E-state index in [2.05, 4.69) is 27.0 Å². The molecule has 1 saturated carbocycles. The summed E-state index contributed by atoms with van der Waals surface area (Å²) in [7, 11) is 4.61. The van der Waals surface area contributed by atoms with E-state index < -0.39 is 84.1 Å². The molecule has 1 aliphatic carbocycles. The first-order valence-electron chi connectivity index (χ1n) is 44.1. The molecule has 0 unspecified atom stereocenters. The number of nitrogens with two attached hydrogens (primary N) is 2. The van der Waals surface area contributed by atoms with Crippen molar-refractivity contribution in [3.05, 3.63) is 72.1 Å². The maximum absolute atomic E-state index is 14.7. The fourth-order valence-corrected chi connectivity index (χ4v) is 16.2. The van der Waals surface area contributed by atoms with Gasteiger partial charge in [-0.3, -0.25) is 19.2 Å². The van der Waals surface area contributed by atoms with E-state index in [1.807, 2.05) is 68.0 Å². The molecule has 1 aromatic carbocycles. The maximum atomic E-state index is 14.7. The van der Waals surface area contributed by atoms with Gasteiger partial charge in [0, 0.05) is 96.4 Å². The first kappa shape index (κ1) is 101. The smallest absolute Gasteiger partial charge is 0.329 e. The van der Waals surface area contributed by atoms with Crippen LogP contribution in [-0.4, -0.2) is 286 Å². The highest BCUT2D eigenvalue weighted by atomic mass is 16.6. The predicted molar refractivity (Wildman–Crippen MR) is 461 cm³/mol. The summed E-state index contributed by atoms with van der Waals surface area (Å²) < 4.78 is 82.6. The number of ether oxygens (including phenoxy) is 13. The number of hydrogen-bond acceptors (Lipinski definition) is 31. The Morgan fingerprint density at radius 3 is 2.00 bits per heavy atom. The topological polar surface area (TPSA) is 433 Å². The second-order valence-corrected chi connectivity index (χ2v) is 33.1. The lowest BCUT2D eigenvalue weighted by atomic mass is 9.78. The second-order valence-electron chi connectivity index (χ2n) is 33.1. The Bertz CT molecular complexity index is 4020. The number of aromatic nitrogens is 5. The van der Waals surface area contributed by atoms with Crippen LogP contribution in [0.25, 0.3) is 33.4 Å². The van der Waals surface area contributed by atoms with Crippen LogP contribution in [0, 0.1) is 35.5 Å². The molecular formula is C90H139N9O24. The number of cyclic esters (lactones) is 1. The quantitative estimate of drug-likeness (QED) is 0.00788. The predicted octanol–water partition coefficient (Wildman–Crippen LogP) is 9.59. The highest BCUT2D eigenvalue weighted by Gasteiger charge is 2.53. The number of ketones is 3. The van der Waals surface area contributed by atoms with Crippen molar-refractivity contribution in [2.75, 3.05) is 152 Å². The van der Waals surface area contributed by atoms with E-state index in [1.54, 1.807) is 47.1 Å². The van der Waals surface area contributed by atoms with Crippen LogP contribution in [0.15, 0.2) is 81.7 Å². The van der Waals surface area contributed by atoms with Gasteiger partial charge in [0.2, 0.25) is 5.79 Å². The van der Waals surface area contributed by atoms with Gasteiger partial charge in [-0.1, -0.05) is 82.7 Å². The van der Waals surface area contributed by atoms with Gasteiger partial charge in [-0.15, -0.1) is 0 Å². The fourth-order valence-electron chi connectivity index (χ4n) is 16.2. The van der Waals surface area contributed by atoms with Crippen molar-refractivity contribution in [3.63, 3.8) is 0 Å². The van der Waals surface area contributed by atoms with Crippen molar-refractivity contribution in [1.82, 2.24) is 29.6 Å². The number of nitrogens with zero attached hydrogens (tertiary/aromatic N) is 7. The molecule has 3 fully saturated rings. The molecule has 33 nitrogen and oxygen atoms in total. The number of piperidine rings is 1. The number of allylic oxidation sites excluding steroid dienone is 5. The summed E-state index contributed by atoms with van der Waals surface area (Å²) in [6, 6.07) is 4.44. The minimum Gasteiger partial charge on any atom is -0.460 e. The zero-order valence-electron chi connectivity index (χ0n) is 74.0. The number of fused-ring (bicyclic) bond motifs is 5. The molecule has 6 heterocycles. The van der Waals surface area contributed by atoms with Gasteiger partial charge in [0.05, 0.1) is 141 Å². The van der Waals surface area contributed by atoms with Crippen LogP contribution in [0.3, 0.4) is 0 Å². The number of amides is 1. The molecule has 688 valence electrons. The number of Topliss-reactive ketones (excluding diaryl/α,β-unsaturated/α-hetero) is 3. The van der Waals surface area contributed by atoms with Gasteiger partial charge in [-0.25, -0.2) is 19.4 Å². The summed E-state index contributed by atoms with van der Waals surface area (Å²) in [6.07, 6.45) is 15.7. The first-order chi connectivity index (χ1) is 59.3. The van der Waals surface area contributed by atoms with Crippen LogP contribution in [0.5, 0.6) is 0 Å². The number of oxime groups is 1. The molecule has 8 rings (SSSR count). The van der Waals surface area contributed by atoms with E-state index in [0.29, 0.717) is 234 Å². The number of benzene rings is 1. The molecule has 8 N–H and O–H groups in total. The van der Waals surface area contributed by atoms with Crippen LogP contribution >= 0.6 is 0 Å². The number of aliphatic hydroxyl groups is 4. The summed E-state index contributed by atoms with van der Waals surface area (Å²) in [5.74, 6) is -7.02. The van der Waals surface area contributed by atoms with Crippen LogP contribution < -0.4 is 11.5 Å². The normalized spacial score (nSPS) is 27.9. The number of hydrogen-bond donors (Lipinski definition) is 6. The molecule has 2 bridgehead atoms. The molecule has 123 heavy (non-hydrogen) atoms. The Hall–Kier alpha value is -7.42. The van der Waals surface area contributed by atoms with E-state index in [4.69, 9.17) is 87.4 Å². The number of esters is 1. The van der Waals surface area contributed by atoms with Gasteiger partial charge in [-0.05, 0) is 144 Å². The Labute approximate surface area is 723 Å². The summed E-state index contributed by atoms with van der Waals surface area (Å²) in [4.78, 5) is 89.3. The average molecular weight is 1730 g/mol. The fraction of sp³-hybridized carbons (Fsp3) is 0.711. The largest absolute Gasteiger partial charge is 0.460 e. The number of anilines is 2. The highest BCUT2D eigenvalue weighted by molar-refractivity contribution is 6.39. The van der Waals surface area contributed by atoms with Crippen molar-refractivity contribution in [3.8, 4) is 11.3 Å². The molecule has 4 aliphatic rings. The number of nitrogen functional groups attached to an aromatic ring is 2. The van der Waals surface area contributed by atoms with E-state index in [9.17, 15) is 44.4 Å². The van der Waals surface area contributed by atoms with Crippen LogP contribution in [0.1, 0.15) is 170 Å². The van der Waals surface area contributed by atoms with Gasteiger partial charge in [0.15, 0.2) is 23.6 Å². The Morgan fingerprint density at radius 1 is 0.683 bits per heavy atom. The molecular weight excluding hydrogens is 1590 g/mol. The summed E-state index contributed by atoms with van der Waals surface area (Å²) in [5, 5.41) is 57.2. The zero-order chi connectivity index (χ0) is 88.6. The molecule has 1 amide bonds. The summed E-state index contributed by atoms with van der Waals surface area (Å²) >= 11 is 0. The van der Waals surface area contributed by atoms with Crippen LogP contribution in [0.4, 0.5) is 11.8 Å². The minimum absolute atomic E-state index is 0.0209. The second kappa shape index (κ2) is 53.9. The number of rotatable bonds is 44. The third-order valence-corrected chi connectivity index (χ3v) is 23.5. The zero-order valence-corrected chi connectivity index (χ0v) is 74.0. The summed E-state index contributed by atoms with van der Waals surface area (Å²) in [6.45, 7) is 19.6. The molecule has 0 spiro atoms. The first-order valence-corrected chi connectivity index (χ1v) is 44.1. The number of carbonyl (C=O) groups is 5. The summed E-state index contributed by atoms with van der Waals surface area (Å²) in [5.41, 5.74) is 17.0. The Kier molecular flexibility index (Phi) is 44.3. The molecule has 2 saturated heterocycles.